The van der Waals surface area contributed by atoms with E-state index < -0.39 is 0 Å². The lowest BCUT2D eigenvalue weighted by Crippen LogP contribution is -2.23. The molecule has 0 spiro atoms. The van der Waals surface area contributed by atoms with Crippen LogP contribution in [0.3, 0.4) is 0 Å². The molecule has 5 heteroatoms. The summed E-state index contributed by atoms with van der Waals surface area (Å²) in [5.74, 6) is 0. The molecule has 0 bridgehead atoms. The average molecular weight is 261 g/mol. The SMILES string of the molecule is COCc1c(N)c(=O)n(Cc2cccc(C)c2)n1C. The van der Waals surface area contributed by atoms with Crippen molar-refractivity contribution in [1.82, 2.24) is 9.36 Å². The number of nitrogens with two attached hydrogens (primary N) is 1. The standard InChI is InChI=1S/C14H19N3O2/c1-10-5-4-6-11(7-10)8-17-14(18)13(15)12(9-19-3)16(17)2/h4-7H,8-9,15H2,1-3H3. The first kappa shape index (κ1) is 13.4. The van der Waals surface area contributed by atoms with Crippen LogP contribution >= 0.6 is 0 Å². The predicted molar refractivity (Wildman–Crippen MR) is 75.1 cm³/mol. The van der Waals surface area contributed by atoms with Gasteiger partial charge in [0.1, 0.15) is 5.69 Å². The Morgan fingerprint density at radius 2 is 2.11 bits per heavy atom. The highest BCUT2D eigenvalue weighted by Crippen LogP contribution is 2.11. The molecule has 5 nitrogen and oxygen atoms in total. The average Bonchev–Trinajstić information content (AvgIpc) is 2.57. The second-order valence-corrected chi connectivity index (χ2v) is 4.67. The number of hydrogen-bond acceptors (Lipinski definition) is 3. The highest BCUT2D eigenvalue weighted by Gasteiger charge is 2.15. The maximum Gasteiger partial charge on any atom is 0.290 e. The van der Waals surface area contributed by atoms with Crippen molar-refractivity contribution in [2.45, 2.75) is 20.1 Å². The van der Waals surface area contributed by atoms with Gasteiger partial charge in [-0.3, -0.25) is 9.48 Å². The third-order valence-corrected chi connectivity index (χ3v) is 3.22. The van der Waals surface area contributed by atoms with Gasteiger partial charge in [-0.1, -0.05) is 29.8 Å². The van der Waals surface area contributed by atoms with Crippen molar-refractivity contribution in [3.8, 4) is 0 Å². The van der Waals surface area contributed by atoms with Gasteiger partial charge in [-0.15, -0.1) is 0 Å². The first-order chi connectivity index (χ1) is 9.04. The first-order valence-electron chi connectivity index (χ1n) is 6.13. The van der Waals surface area contributed by atoms with Gasteiger partial charge in [0.25, 0.3) is 5.56 Å². The van der Waals surface area contributed by atoms with E-state index in [-0.39, 0.29) is 11.2 Å². The molecule has 0 aliphatic rings. The molecular formula is C14H19N3O2. The van der Waals surface area contributed by atoms with Gasteiger partial charge in [0.05, 0.1) is 18.8 Å². The van der Waals surface area contributed by atoms with Crippen LogP contribution < -0.4 is 11.3 Å². The molecule has 0 saturated heterocycles. The van der Waals surface area contributed by atoms with Crippen LogP contribution in [0.4, 0.5) is 5.69 Å². The summed E-state index contributed by atoms with van der Waals surface area (Å²) in [6, 6.07) is 8.07. The van der Waals surface area contributed by atoms with Crippen LogP contribution in [-0.2, 0) is 24.9 Å². The summed E-state index contributed by atoms with van der Waals surface area (Å²) >= 11 is 0. The Kier molecular flexibility index (Phi) is 3.76. The quantitative estimate of drug-likeness (QED) is 0.901. The highest BCUT2D eigenvalue weighted by molar-refractivity contribution is 5.41. The van der Waals surface area contributed by atoms with Gasteiger partial charge in [-0.25, -0.2) is 4.68 Å². The number of anilines is 1. The summed E-state index contributed by atoms with van der Waals surface area (Å²) in [4.78, 5) is 12.1. The van der Waals surface area contributed by atoms with E-state index in [4.69, 9.17) is 10.5 Å². The fourth-order valence-electron chi connectivity index (χ4n) is 2.19. The van der Waals surface area contributed by atoms with E-state index in [1.807, 2.05) is 32.2 Å². The molecule has 0 aliphatic carbocycles. The number of benzene rings is 1. The monoisotopic (exact) mass is 261 g/mol. The Labute approximate surface area is 112 Å². The lowest BCUT2D eigenvalue weighted by molar-refractivity contribution is 0.177. The molecule has 2 N–H and O–H groups in total. The minimum atomic E-state index is -0.170. The van der Waals surface area contributed by atoms with E-state index >= 15 is 0 Å². The van der Waals surface area contributed by atoms with E-state index in [1.165, 1.54) is 5.56 Å². The van der Waals surface area contributed by atoms with Gasteiger partial charge < -0.3 is 10.5 Å². The number of aryl methyl sites for hydroxylation is 1. The van der Waals surface area contributed by atoms with E-state index in [0.29, 0.717) is 18.8 Å². The number of methoxy groups -OCH3 is 1. The second kappa shape index (κ2) is 5.32. The summed E-state index contributed by atoms with van der Waals surface area (Å²) in [5.41, 5.74) is 8.89. The molecule has 2 aromatic rings. The van der Waals surface area contributed by atoms with E-state index in [9.17, 15) is 4.79 Å². The van der Waals surface area contributed by atoms with E-state index in [2.05, 4.69) is 6.07 Å². The first-order valence-corrected chi connectivity index (χ1v) is 6.13. The number of nitrogen functional groups attached to an aromatic ring is 1. The highest BCUT2D eigenvalue weighted by atomic mass is 16.5. The number of nitrogens with zero attached hydrogens (tertiary/aromatic N) is 2. The lowest BCUT2D eigenvalue weighted by atomic mass is 10.1. The minimum absolute atomic E-state index is 0.170. The van der Waals surface area contributed by atoms with Gasteiger partial charge in [-0.2, -0.15) is 0 Å². The topological polar surface area (TPSA) is 62.2 Å². The maximum atomic E-state index is 12.1. The van der Waals surface area contributed by atoms with Gasteiger partial charge in [0.15, 0.2) is 0 Å². The zero-order valence-corrected chi connectivity index (χ0v) is 11.5. The molecule has 0 saturated carbocycles. The molecular weight excluding hydrogens is 242 g/mol. The third-order valence-electron chi connectivity index (χ3n) is 3.22. The van der Waals surface area contributed by atoms with Gasteiger partial charge in [0.2, 0.25) is 0 Å². The van der Waals surface area contributed by atoms with Crippen LogP contribution in [-0.4, -0.2) is 16.5 Å². The second-order valence-electron chi connectivity index (χ2n) is 4.67. The smallest absolute Gasteiger partial charge is 0.290 e. The summed E-state index contributed by atoms with van der Waals surface area (Å²) in [6.07, 6.45) is 0. The fourth-order valence-corrected chi connectivity index (χ4v) is 2.19. The molecule has 1 aromatic heterocycles. The Bertz CT molecular complexity index is 641. The molecule has 2 rings (SSSR count). The molecule has 0 unspecified atom stereocenters. The largest absolute Gasteiger partial charge is 0.393 e. The van der Waals surface area contributed by atoms with Gasteiger partial charge in [-0.05, 0) is 12.5 Å². The van der Waals surface area contributed by atoms with Crippen LogP contribution in [0.25, 0.3) is 0 Å². The van der Waals surface area contributed by atoms with Crippen molar-refractivity contribution >= 4 is 5.69 Å². The molecule has 0 amide bonds. The van der Waals surface area contributed by atoms with Crippen molar-refractivity contribution in [3.63, 3.8) is 0 Å². The molecule has 19 heavy (non-hydrogen) atoms. The third kappa shape index (κ3) is 2.56. The van der Waals surface area contributed by atoms with Crippen LogP contribution in [0.2, 0.25) is 0 Å². The maximum absolute atomic E-state index is 12.1. The number of rotatable bonds is 4. The lowest BCUT2D eigenvalue weighted by Gasteiger charge is -2.10. The molecule has 0 radical (unpaired) electrons. The molecule has 0 atom stereocenters. The van der Waals surface area contributed by atoms with Crippen molar-refractivity contribution < 1.29 is 4.74 Å². The number of aromatic nitrogens is 2. The summed E-state index contributed by atoms with van der Waals surface area (Å²) < 4.78 is 8.46. The van der Waals surface area contributed by atoms with Crippen LogP contribution in [0.5, 0.6) is 0 Å². The number of ether oxygens (including phenoxy) is 1. The Morgan fingerprint density at radius 1 is 1.37 bits per heavy atom. The summed E-state index contributed by atoms with van der Waals surface area (Å²) in [7, 11) is 3.41. The fraction of sp³-hybridized carbons (Fsp3) is 0.357. The minimum Gasteiger partial charge on any atom is -0.393 e. The van der Waals surface area contributed by atoms with Crippen molar-refractivity contribution in [1.29, 1.82) is 0 Å². The Balaban J connectivity index is 2.41. The zero-order chi connectivity index (χ0) is 14.0. The Hall–Kier alpha value is -2.01. The normalized spacial score (nSPS) is 10.9. The molecule has 1 aromatic carbocycles. The van der Waals surface area contributed by atoms with Crippen molar-refractivity contribution in [2.24, 2.45) is 7.05 Å². The number of hydrogen-bond donors (Lipinski definition) is 1. The van der Waals surface area contributed by atoms with Gasteiger partial charge >= 0.3 is 0 Å². The van der Waals surface area contributed by atoms with Crippen LogP contribution in [0.15, 0.2) is 29.1 Å². The van der Waals surface area contributed by atoms with Crippen LogP contribution in [0.1, 0.15) is 16.8 Å². The zero-order valence-electron chi connectivity index (χ0n) is 11.5. The molecule has 0 fully saturated rings. The molecule has 0 aliphatic heterocycles. The van der Waals surface area contributed by atoms with E-state index in [0.717, 1.165) is 5.56 Å². The van der Waals surface area contributed by atoms with Crippen molar-refractivity contribution in [2.75, 3.05) is 12.8 Å². The Morgan fingerprint density at radius 3 is 2.74 bits per heavy atom. The molecule has 102 valence electrons. The van der Waals surface area contributed by atoms with Crippen LogP contribution in [0, 0.1) is 6.92 Å². The van der Waals surface area contributed by atoms with Crippen molar-refractivity contribution in [3.05, 3.63) is 51.4 Å². The van der Waals surface area contributed by atoms with E-state index in [1.54, 1.807) is 16.5 Å². The predicted octanol–water partition coefficient (Wildman–Crippen LogP) is 1.27. The molecule has 1 heterocycles. The van der Waals surface area contributed by atoms with Gasteiger partial charge in [0, 0.05) is 14.2 Å². The summed E-state index contributed by atoms with van der Waals surface area (Å²) in [6.45, 7) is 2.87. The summed E-state index contributed by atoms with van der Waals surface area (Å²) in [5, 5.41) is 0.